The van der Waals surface area contributed by atoms with Crippen molar-refractivity contribution in [3.05, 3.63) is 63.8 Å². The summed E-state index contributed by atoms with van der Waals surface area (Å²) in [4.78, 5) is 70.0. The number of hydrogen-bond acceptors (Lipinski definition) is 13. The number of amides is 3. The molecule has 3 amide bonds. The zero-order valence-electron chi connectivity index (χ0n) is 23.6. The number of fused-ring (bicyclic) bond motifs is 1. The van der Waals surface area contributed by atoms with Gasteiger partial charge in [-0.3, -0.25) is 19.3 Å². The Hall–Kier alpha value is -4.91. The third kappa shape index (κ3) is 6.41. The van der Waals surface area contributed by atoms with Crippen molar-refractivity contribution in [2.24, 2.45) is 5.16 Å². The number of anilines is 1. The summed E-state index contributed by atoms with van der Waals surface area (Å²) in [5.41, 5.74) is 5.26. The van der Waals surface area contributed by atoms with E-state index in [2.05, 4.69) is 20.2 Å². The summed E-state index contributed by atoms with van der Waals surface area (Å²) >= 11 is 1.99. The van der Waals surface area contributed by atoms with Crippen LogP contribution in [0.3, 0.4) is 0 Å². The van der Waals surface area contributed by atoms with Crippen molar-refractivity contribution < 1.29 is 51.8 Å². The summed E-state index contributed by atoms with van der Waals surface area (Å²) < 4.78 is 48.1. The van der Waals surface area contributed by atoms with E-state index in [1.54, 1.807) is 24.3 Å². The number of nitrogens with zero attached hydrogens (tertiary/aromatic N) is 4. The Morgan fingerprint density at radius 3 is 2.57 bits per heavy atom. The van der Waals surface area contributed by atoms with Crippen LogP contribution in [0.2, 0.25) is 0 Å². The molecule has 4 N–H and O–H groups in total. The average molecular weight is 681 g/mol. The number of ether oxygens (including phenoxy) is 2. The molecule has 0 unspecified atom stereocenters. The van der Waals surface area contributed by atoms with Gasteiger partial charge in [-0.2, -0.15) is 13.2 Å². The maximum Gasteiger partial charge on any atom is 0.491 e. The standard InChI is InChI=1S/C27H23F3N6O8S2/c1-43-15-4-2-12(3-5-15)9-35-7-6-13(21(35)38)8-14-10-45-23-18(33-20(37)17(34-42)16-11-46-26(31)32-16)22(39)36(23)19(14)24(40)44-25(41)27(28,29)30/h2-5,8,11,18,23,42H,6-7,9-10H2,1H3,(H2,31,32)(H,33,37)/b13-8?,34-17-/t18-,23-/m1/s1. The van der Waals surface area contributed by atoms with E-state index in [1.807, 2.05) is 0 Å². The number of aromatic nitrogens is 1. The minimum absolute atomic E-state index is 0.0236. The van der Waals surface area contributed by atoms with E-state index >= 15 is 0 Å². The van der Waals surface area contributed by atoms with Gasteiger partial charge in [-0.05, 0) is 35.8 Å². The van der Waals surface area contributed by atoms with Gasteiger partial charge in [0.25, 0.3) is 11.8 Å². The van der Waals surface area contributed by atoms with Crippen molar-refractivity contribution in [2.45, 2.75) is 30.6 Å². The molecule has 46 heavy (non-hydrogen) atoms. The summed E-state index contributed by atoms with van der Waals surface area (Å²) in [7, 11) is 1.52. The van der Waals surface area contributed by atoms with E-state index in [4.69, 9.17) is 10.5 Å². The smallest absolute Gasteiger partial charge is 0.491 e. The largest absolute Gasteiger partial charge is 0.497 e. The average Bonchev–Trinajstić information content (AvgIpc) is 3.60. The molecule has 0 saturated carbocycles. The lowest BCUT2D eigenvalue weighted by Crippen LogP contribution is -2.71. The molecule has 3 aliphatic heterocycles. The number of thioether (sulfide) groups is 1. The first-order chi connectivity index (χ1) is 21.8. The number of oxime groups is 1. The number of likely N-dealkylation sites (tertiary alicyclic amines) is 1. The van der Waals surface area contributed by atoms with E-state index in [1.165, 1.54) is 23.5 Å². The molecule has 5 rings (SSSR count). The molecule has 0 spiro atoms. The number of carbonyl (C=O) groups is 5. The highest BCUT2D eigenvalue weighted by Gasteiger charge is 2.55. The highest BCUT2D eigenvalue weighted by molar-refractivity contribution is 8.00. The molecule has 242 valence electrons. The summed E-state index contributed by atoms with van der Waals surface area (Å²) in [5.74, 6) is -6.37. The second-order valence-corrected chi connectivity index (χ2v) is 11.9. The quantitative estimate of drug-likeness (QED) is 0.0697. The molecule has 2 aromatic rings. The lowest BCUT2D eigenvalue weighted by Gasteiger charge is -2.49. The number of carbonyl (C=O) groups excluding carboxylic acids is 5. The number of β-lactam (4-membered cyclic amide) rings is 1. The van der Waals surface area contributed by atoms with E-state index in [0.717, 1.165) is 33.6 Å². The van der Waals surface area contributed by atoms with Crippen LogP contribution in [-0.4, -0.2) is 92.4 Å². The number of nitrogen functional groups attached to an aromatic ring is 1. The topological polar surface area (TPSA) is 194 Å². The van der Waals surface area contributed by atoms with E-state index in [0.29, 0.717) is 12.3 Å². The maximum absolute atomic E-state index is 13.2. The minimum atomic E-state index is -5.50. The zero-order chi connectivity index (χ0) is 33.3. The first-order valence-corrected chi connectivity index (χ1v) is 15.1. The van der Waals surface area contributed by atoms with Gasteiger partial charge in [0.15, 0.2) is 10.8 Å². The second-order valence-electron chi connectivity index (χ2n) is 9.92. The van der Waals surface area contributed by atoms with Crippen LogP contribution in [0.5, 0.6) is 5.75 Å². The Morgan fingerprint density at radius 2 is 1.96 bits per heavy atom. The van der Waals surface area contributed by atoms with Crippen LogP contribution >= 0.6 is 23.1 Å². The highest BCUT2D eigenvalue weighted by Crippen LogP contribution is 2.42. The van der Waals surface area contributed by atoms with Gasteiger partial charge < -0.3 is 30.6 Å². The third-order valence-corrected chi connectivity index (χ3v) is 9.04. The Kier molecular flexibility index (Phi) is 9.06. The fraction of sp³-hybridized carbons (Fsp3) is 0.296. The van der Waals surface area contributed by atoms with Crippen LogP contribution in [0.1, 0.15) is 17.7 Å². The summed E-state index contributed by atoms with van der Waals surface area (Å²) in [6.45, 7) is 0.561. The van der Waals surface area contributed by atoms with Crippen LogP contribution in [0.15, 0.2) is 57.7 Å². The molecule has 2 fully saturated rings. The van der Waals surface area contributed by atoms with Gasteiger partial charge in [0.05, 0.1) is 7.11 Å². The number of methoxy groups -OCH3 is 1. The number of rotatable bonds is 8. The molecule has 2 atom stereocenters. The summed E-state index contributed by atoms with van der Waals surface area (Å²) in [6.07, 6.45) is -3.97. The number of halogens is 3. The lowest BCUT2D eigenvalue weighted by molar-refractivity contribution is -0.201. The molecule has 2 saturated heterocycles. The van der Waals surface area contributed by atoms with Crippen LogP contribution in [-0.2, 0) is 35.3 Å². The molecule has 0 aliphatic carbocycles. The molecule has 1 aromatic carbocycles. The fourth-order valence-electron chi connectivity index (χ4n) is 4.87. The number of hydrogen-bond donors (Lipinski definition) is 3. The normalized spacial score (nSPS) is 20.9. The van der Waals surface area contributed by atoms with Crippen LogP contribution < -0.4 is 15.8 Å². The van der Waals surface area contributed by atoms with Crippen molar-refractivity contribution in [2.75, 3.05) is 25.1 Å². The molecule has 4 heterocycles. The number of allylic oxidation sites excluding steroid dienone is 1. The Balaban J connectivity index is 1.39. The second kappa shape index (κ2) is 12.8. The van der Waals surface area contributed by atoms with Gasteiger partial charge in [0, 0.05) is 29.8 Å². The van der Waals surface area contributed by atoms with Gasteiger partial charge in [0.1, 0.15) is 28.6 Å². The predicted octanol–water partition coefficient (Wildman–Crippen LogP) is 1.56. The van der Waals surface area contributed by atoms with Gasteiger partial charge >= 0.3 is 18.1 Å². The maximum atomic E-state index is 13.2. The molecular weight excluding hydrogens is 657 g/mol. The van der Waals surface area contributed by atoms with Crippen LogP contribution in [0.25, 0.3) is 0 Å². The van der Waals surface area contributed by atoms with Gasteiger partial charge in [0.2, 0.25) is 5.91 Å². The third-order valence-electron chi connectivity index (χ3n) is 7.07. The number of nitrogens with one attached hydrogen (secondary N) is 1. The van der Waals surface area contributed by atoms with Gasteiger partial charge in [-0.1, -0.05) is 17.3 Å². The molecule has 3 aliphatic rings. The number of alkyl halides is 3. The predicted molar refractivity (Wildman–Crippen MR) is 155 cm³/mol. The number of thiazole rings is 1. The van der Waals surface area contributed by atoms with Gasteiger partial charge in [-0.15, -0.1) is 23.1 Å². The molecule has 1 aromatic heterocycles. The van der Waals surface area contributed by atoms with Crippen molar-refractivity contribution >= 4 is 63.6 Å². The number of benzene rings is 1. The molecule has 19 heteroatoms. The molecule has 0 radical (unpaired) electrons. The number of esters is 2. The van der Waals surface area contributed by atoms with Crippen LogP contribution in [0.4, 0.5) is 18.3 Å². The van der Waals surface area contributed by atoms with Crippen molar-refractivity contribution in [3.63, 3.8) is 0 Å². The fourth-order valence-corrected chi connectivity index (χ4v) is 6.72. The molecule has 0 bridgehead atoms. The zero-order valence-corrected chi connectivity index (χ0v) is 25.2. The summed E-state index contributed by atoms with van der Waals surface area (Å²) in [6, 6.07) is 5.73. The minimum Gasteiger partial charge on any atom is -0.497 e. The van der Waals surface area contributed by atoms with E-state index < -0.39 is 58.7 Å². The Labute approximate surface area is 265 Å². The SMILES string of the molecule is COc1ccc(CN2CCC(=CC3=C(C(=O)OC(=O)C(F)(F)F)N4C(=O)[C@@H](NC(=O)/C(=N\O)c5csc(N)n5)[C@H]4SC3)C2=O)cc1. The number of nitrogens with two attached hydrogens (primary N) is 1. The molecule has 14 nitrogen and oxygen atoms in total. The summed E-state index contributed by atoms with van der Waals surface area (Å²) in [5, 5.41) is 15.0. The first-order valence-electron chi connectivity index (χ1n) is 13.2. The Bertz CT molecular complexity index is 1710. The monoisotopic (exact) mass is 680 g/mol. The van der Waals surface area contributed by atoms with Gasteiger partial charge in [-0.25, -0.2) is 14.6 Å². The first kappa shape index (κ1) is 32.5. The molecular formula is C27H23F3N6O8S2. The van der Waals surface area contributed by atoms with Crippen molar-refractivity contribution in [3.8, 4) is 5.75 Å². The van der Waals surface area contributed by atoms with Crippen molar-refractivity contribution in [1.82, 2.24) is 20.1 Å². The highest BCUT2D eigenvalue weighted by atomic mass is 32.2. The van der Waals surface area contributed by atoms with Crippen molar-refractivity contribution in [1.29, 1.82) is 0 Å². The van der Waals surface area contributed by atoms with E-state index in [9.17, 15) is 42.4 Å². The van der Waals surface area contributed by atoms with Crippen LogP contribution in [0, 0.1) is 0 Å². The lowest BCUT2D eigenvalue weighted by atomic mass is 10.0. The van der Waals surface area contributed by atoms with E-state index in [-0.39, 0.29) is 40.7 Å². The Morgan fingerprint density at radius 1 is 1.24 bits per heavy atom.